The number of hydrogen-bond donors (Lipinski definition) is 0. The molecule has 0 radical (unpaired) electrons. The summed E-state index contributed by atoms with van der Waals surface area (Å²) in [4.78, 5) is 4.93. The molecule has 0 aromatic heterocycles. The van der Waals surface area contributed by atoms with Gasteiger partial charge in [-0.2, -0.15) is 0 Å². The molecule has 3 rings (SSSR count). The van der Waals surface area contributed by atoms with Crippen molar-refractivity contribution in [1.82, 2.24) is 9.80 Å². The van der Waals surface area contributed by atoms with Crippen LogP contribution in [0.15, 0.2) is 12.1 Å². The molecule has 1 fully saturated rings. The first-order valence-electron chi connectivity index (χ1n) is 7.63. The lowest BCUT2D eigenvalue weighted by Crippen LogP contribution is -2.44. The van der Waals surface area contributed by atoms with E-state index >= 15 is 0 Å². The molecule has 0 unspecified atom stereocenters. The molecule has 2 heterocycles. The Balaban J connectivity index is 1.53. The predicted octanol–water partition coefficient (Wildman–Crippen LogP) is 1.60. The largest absolute Gasteiger partial charge is 0.493 e. The van der Waals surface area contributed by atoms with E-state index in [0.717, 1.165) is 36.6 Å². The summed E-state index contributed by atoms with van der Waals surface area (Å²) in [6, 6.07) is 4.15. The zero-order valence-corrected chi connectivity index (χ0v) is 12.9. The fourth-order valence-corrected chi connectivity index (χ4v) is 2.91. The molecule has 2 aliphatic heterocycles. The third-order valence-electron chi connectivity index (χ3n) is 4.25. The number of methoxy groups -OCH3 is 1. The molecular weight excluding hydrogens is 268 g/mol. The van der Waals surface area contributed by atoms with Gasteiger partial charge in [0.05, 0.1) is 7.11 Å². The van der Waals surface area contributed by atoms with Gasteiger partial charge in [-0.1, -0.05) is 0 Å². The van der Waals surface area contributed by atoms with Gasteiger partial charge in [0.15, 0.2) is 11.5 Å². The quantitative estimate of drug-likeness (QED) is 0.823. The maximum absolute atomic E-state index is 5.47. The molecule has 0 atom stereocenters. The SMILES string of the molecule is COc1cc(CCCN2CCN(C)CC2)cc2c1OCO2. The molecule has 21 heavy (non-hydrogen) atoms. The molecule has 0 aliphatic carbocycles. The number of rotatable bonds is 5. The second kappa shape index (κ2) is 6.54. The van der Waals surface area contributed by atoms with Gasteiger partial charge in [0, 0.05) is 26.2 Å². The van der Waals surface area contributed by atoms with E-state index in [9.17, 15) is 0 Å². The molecule has 2 aliphatic rings. The van der Waals surface area contributed by atoms with Crippen LogP contribution in [0.4, 0.5) is 0 Å². The lowest BCUT2D eigenvalue weighted by Gasteiger charge is -2.32. The highest BCUT2D eigenvalue weighted by Crippen LogP contribution is 2.41. The minimum atomic E-state index is 0.288. The van der Waals surface area contributed by atoms with Crippen LogP contribution in [0.3, 0.4) is 0 Å². The van der Waals surface area contributed by atoms with Crippen LogP contribution in [-0.2, 0) is 6.42 Å². The summed E-state index contributed by atoms with van der Waals surface area (Å²) in [7, 11) is 3.86. The maximum atomic E-state index is 5.47. The van der Waals surface area contributed by atoms with Crippen molar-refractivity contribution >= 4 is 0 Å². The van der Waals surface area contributed by atoms with Crippen molar-refractivity contribution in [2.45, 2.75) is 12.8 Å². The van der Waals surface area contributed by atoms with Crippen LogP contribution in [0.1, 0.15) is 12.0 Å². The van der Waals surface area contributed by atoms with Crippen molar-refractivity contribution in [2.24, 2.45) is 0 Å². The maximum Gasteiger partial charge on any atom is 0.231 e. The lowest BCUT2D eigenvalue weighted by atomic mass is 10.1. The second-order valence-corrected chi connectivity index (χ2v) is 5.78. The van der Waals surface area contributed by atoms with E-state index in [-0.39, 0.29) is 6.79 Å². The summed E-state index contributed by atoms with van der Waals surface area (Å²) in [5.74, 6) is 2.32. The third kappa shape index (κ3) is 3.41. The monoisotopic (exact) mass is 292 g/mol. The molecule has 0 N–H and O–H groups in total. The van der Waals surface area contributed by atoms with Crippen LogP contribution >= 0.6 is 0 Å². The van der Waals surface area contributed by atoms with E-state index < -0.39 is 0 Å². The van der Waals surface area contributed by atoms with E-state index in [0.29, 0.717) is 0 Å². The van der Waals surface area contributed by atoms with Crippen molar-refractivity contribution in [3.8, 4) is 17.2 Å². The number of hydrogen-bond acceptors (Lipinski definition) is 5. The fraction of sp³-hybridized carbons (Fsp3) is 0.625. The van der Waals surface area contributed by atoms with Crippen molar-refractivity contribution in [3.05, 3.63) is 17.7 Å². The summed E-state index contributed by atoms with van der Waals surface area (Å²) in [6.45, 7) is 6.17. The Kier molecular flexibility index (Phi) is 4.51. The first-order valence-corrected chi connectivity index (χ1v) is 7.63. The molecule has 0 spiro atoms. The van der Waals surface area contributed by atoms with E-state index in [4.69, 9.17) is 14.2 Å². The summed E-state index contributed by atoms with van der Waals surface area (Å²) in [6.07, 6.45) is 2.20. The standard InChI is InChI=1S/C16H24N2O3/c1-17-6-8-18(9-7-17)5-3-4-13-10-14(19-2)16-15(11-13)20-12-21-16/h10-11H,3-9,12H2,1-2H3. The number of piperazine rings is 1. The van der Waals surface area contributed by atoms with Crippen molar-refractivity contribution in [2.75, 3.05) is 53.7 Å². The van der Waals surface area contributed by atoms with E-state index in [2.05, 4.69) is 29.0 Å². The molecule has 0 saturated carbocycles. The van der Waals surface area contributed by atoms with Gasteiger partial charge in [0.25, 0.3) is 0 Å². The van der Waals surface area contributed by atoms with Crippen LogP contribution in [0.2, 0.25) is 0 Å². The van der Waals surface area contributed by atoms with Crippen LogP contribution in [-0.4, -0.2) is 63.5 Å². The molecule has 116 valence electrons. The molecule has 5 nitrogen and oxygen atoms in total. The number of aryl methyl sites for hydroxylation is 1. The molecule has 0 bridgehead atoms. The molecule has 5 heteroatoms. The number of nitrogens with zero attached hydrogens (tertiary/aromatic N) is 2. The Morgan fingerprint density at radius 1 is 1.14 bits per heavy atom. The fourth-order valence-electron chi connectivity index (χ4n) is 2.91. The lowest BCUT2D eigenvalue weighted by molar-refractivity contribution is 0.153. The van der Waals surface area contributed by atoms with Gasteiger partial charge in [-0.05, 0) is 44.1 Å². The summed E-state index contributed by atoms with van der Waals surface area (Å²) >= 11 is 0. The topological polar surface area (TPSA) is 34.2 Å². The second-order valence-electron chi connectivity index (χ2n) is 5.78. The molecular formula is C16H24N2O3. The number of likely N-dealkylation sites (N-methyl/N-ethyl adjacent to an activating group) is 1. The average molecular weight is 292 g/mol. The Morgan fingerprint density at radius 2 is 1.95 bits per heavy atom. The van der Waals surface area contributed by atoms with Crippen LogP contribution < -0.4 is 14.2 Å². The van der Waals surface area contributed by atoms with Crippen molar-refractivity contribution in [1.29, 1.82) is 0 Å². The number of fused-ring (bicyclic) bond motifs is 1. The van der Waals surface area contributed by atoms with Gasteiger partial charge in [-0.15, -0.1) is 0 Å². The van der Waals surface area contributed by atoms with E-state index in [1.165, 1.54) is 31.7 Å². The van der Waals surface area contributed by atoms with Crippen molar-refractivity contribution < 1.29 is 14.2 Å². The first-order chi connectivity index (χ1) is 10.3. The third-order valence-corrected chi connectivity index (χ3v) is 4.25. The summed E-state index contributed by atoms with van der Waals surface area (Å²) in [5.41, 5.74) is 1.25. The molecule has 0 amide bonds. The number of ether oxygens (including phenoxy) is 3. The van der Waals surface area contributed by atoms with Gasteiger partial charge in [-0.25, -0.2) is 0 Å². The normalized spacial score (nSPS) is 19.0. The van der Waals surface area contributed by atoms with Crippen LogP contribution in [0.25, 0.3) is 0 Å². The Hall–Kier alpha value is -1.46. The van der Waals surface area contributed by atoms with E-state index in [1.54, 1.807) is 7.11 Å². The van der Waals surface area contributed by atoms with Crippen molar-refractivity contribution in [3.63, 3.8) is 0 Å². The highest BCUT2D eigenvalue weighted by molar-refractivity contribution is 5.55. The Morgan fingerprint density at radius 3 is 2.71 bits per heavy atom. The van der Waals surface area contributed by atoms with Gasteiger partial charge in [0.1, 0.15) is 0 Å². The van der Waals surface area contributed by atoms with Gasteiger partial charge >= 0.3 is 0 Å². The minimum Gasteiger partial charge on any atom is -0.493 e. The highest BCUT2D eigenvalue weighted by atomic mass is 16.7. The molecule has 1 aromatic carbocycles. The van der Waals surface area contributed by atoms with E-state index in [1.807, 2.05) is 0 Å². The van der Waals surface area contributed by atoms with Gasteiger partial charge in [-0.3, -0.25) is 0 Å². The molecule has 1 aromatic rings. The predicted molar refractivity (Wildman–Crippen MR) is 81.4 cm³/mol. The minimum absolute atomic E-state index is 0.288. The average Bonchev–Trinajstić information content (AvgIpc) is 2.97. The van der Waals surface area contributed by atoms with Crippen LogP contribution in [0.5, 0.6) is 17.2 Å². The Labute approximate surface area is 126 Å². The molecule has 1 saturated heterocycles. The summed E-state index contributed by atoms with van der Waals surface area (Å²) < 4.78 is 16.3. The zero-order valence-electron chi connectivity index (χ0n) is 12.9. The Bertz CT molecular complexity index is 485. The smallest absolute Gasteiger partial charge is 0.231 e. The highest BCUT2D eigenvalue weighted by Gasteiger charge is 2.20. The van der Waals surface area contributed by atoms with Gasteiger partial charge in [0.2, 0.25) is 12.5 Å². The number of benzene rings is 1. The first kappa shape index (κ1) is 14.5. The van der Waals surface area contributed by atoms with Crippen LogP contribution in [0, 0.1) is 0 Å². The summed E-state index contributed by atoms with van der Waals surface area (Å²) in [5, 5.41) is 0. The zero-order chi connectivity index (χ0) is 14.7. The van der Waals surface area contributed by atoms with Gasteiger partial charge < -0.3 is 24.0 Å².